The van der Waals surface area contributed by atoms with E-state index >= 15 is 0 Å². The monoisotopic (exact) mass is 295 g/mol. The number of benzene rings is 1. The van der Waals surface area contributed by atoms with Gasteiger partial charge in [-0.25, -0.2) is 4.39 Å². The summed E-state index contributed by atoms with van der Waals surface area (Å²) in [6.07, 6.45) is 3.63. The van der Waals surface area contributed by atoms with Crippen LogP contribution in [0.5, 0.6) is 0 Å². The molecule has 3 nitrogen and oxygen atoms in total. The highest BCUT2D eigenvalue weighted by Crippen LogP contribution is 2.21. The fourth-order valence-corrected chi connectivity index (χ4v) is 2.81. The van der Waals surface area contributed by atoms with Crippen LogP contribution >= 0.6 is 12.2 Å². The van der Waals surface area contributed by atoms with E-state index in [2.05, 4.69) is 17.3 Å². The van der Waals surface area contributed by atoms with Crippen molar-refractivity contribution in [2.45, 2.75) is 19.3 Å². The van der Waals surface area contributed by atoms with Crippen LogP contribution in [0.3, 0.4) is 0 Å². The average molecular weight is 295 g/mol. The van der Waals surface area contributed by atoms with E-state index in [1.807, 2.05) is 0 Å². The van der Waals surface area contributed by atoms with Crippen LogP contribution in [0.1, 0.15) is 24.8 Å². The largest absolute Gasteiger partial charge is 0.389 e. The lowest BCUT2D eigenvalue weighted by Crippen LogP contribution is -2.31. The third-order valence-corrected chi connectivity index (χ3v) is 4.17. The van der Waals surface area contributed by atoms with Crippen LogP contribution in [0.2, 0.25) is 0 Å². The number of thiocarbonyl (C=S) groups is 1. The molecule has 1 heterocycles. The van der Waals surface area contributed by atoms with Crippen molar-refractivity contribution in [1.29, 1.82) is 0 Å². The van der Waals surface area contributed by atoms with Gasteiger partial charge in [-0.05, 0) is 63.5 Å². The van der Waals surface area contributed by atoms with Gasteiger partial charge >= 0.3 is 0 Å². The molecule has 1 aliphatic rings. The van der Waals surface area contributed by atoms with Gasteiger partial charge in [0, 0.05) is 17.8 Å². The maximum atomic E-state index is 13.2. The number of hydrogen-bond acceptors (Lipinski definition) is 3. The summed E-state index contributed by atoms with van der Waals surface area (Å²) in [5, 5.41) is 3.33. The number of rotatable bonds is 5. The molecule has 1 fully saturated rings. The lowest BCUT2D eigenvalue weighted by Gasteiger charge is -2.29. The van der Waals surface area contributed by atoms with E-state index in [-0.39, 0.29) is 10.8 Å². The van der Waals surface area contributed by atoms with Gasteiger partial charge in [-0.1, -0.05) is 12.2 Å². The van der Waals surface area contributed by atoms with Crippen molar-refractivity contribution in [3.63, 3.8) is 0 Å². The molecule has 0 unspecified atom stereocenters. The number of nitrogens with two attached hydrogens (primary N) is 1. The Kier molecular flexibility index (Phi) is 5.31. The number of nitrogens with one attached hydrogen (secondary N) is 1. The fraction of sp³-hybridized carbons (Fsp3) is 0.533. The summed E-state index contributed by atoms with van der Waals surface area (Å²) < 4.78 is 13.2. The third-order valence-electron chi connectivity index (χ3n) is 3.95. The maximum absolute atomic E-state index is 13.2. The summed E-state index contributed by atoms with van der Waals surface area (Å²) in [6.45, 7) is 3.23. The molecule has 2 rings (SSSR count). The molecule has 1 saturated heterocycles. The van der Waals surface area contributed by atoms with Crippen LogP contribution in [-0.4, -0.2) is 36.6 Å². The van der Waals surface area contributed by atoms with Crippen LogP contribution < -0.4 is 11.1 Å². The third kappa shape index (κ3) is 4.15. The minimum Gasteiger partial charge on any atom is -0.389 e. The first-order valence-corrected chi connectivity index (χ1v) is 7.49. The van der Waals surface area contributed by atoms with E-state index in [9.17, 15) is 4.39 Å². The Hall–Kier alpha value is -1.20. The zero-order valence-electron chi connectivity index (χ0n) is 11.9. The fourth-order valence-electron chi connectivity index (χ4n) is 2.64. The Labute approximate surface area is 125 Å². The summed E-state index contributed by atoms with van der Waals surface area (Å²) in [5.41, 5.74) is 7.04. The molecule has 20 heavy (non-hydrogen) atoms. The van der Waals surface area contributed by atoms with Gasteiger partial charge in [-0.15, -0.1) is 0 Å². The number of hydrogen-bond donors (Lipinski definition) is 2. The van der Waals surface area contributed by atoms with Crippen molar-refractivity contribution in [3.05, 3.63) is 29.6 Å². The Morgan fingerprint density at radius 2 is 2.15 bits per heavy atom. The SMILES string of the molecule is CN1CCC(CCNc2ccc(F)cc2C(N)=S)CC1. The van der Waals surface area contributed by atoms with Crippen LogP contribution in [0.25, 0.3) is 0 Å². The molecule has 0 saturated carbocycles. The summed E-state index contributed by atoms with van der Waals surface area (Å²) >= 11 is 4.96. The molecule has 0 aromatic heterocycles. The second kappa shape index (κ2) is 6.99. The molecule has 5 heteroatoms. The van der Waals surface area contributed by atoms with Crippen LogP contribution in [0, 0.1) is 11.7 Å². The Morgan fingerprint density at radius 3 is 2.80 bits per heavy atom. The summed E-state index contributed by atoms with van der Waals surface area (Å²) in [5.74, 6) is 0.459. The van der Waals surface area contributed by atoms with E-state index in [4.69, 9.17) is 18.0 Å². The smallest absolute Gasteiger partial charge is 0.124 e. The Morgan fingerprint density at radius 1 is 1.45 bits per heavy atom. The second-order valence-electron chi connectivity index (χ2n) is 5.52. The number of piperidine rings is 1. The highest BCUT2D eigenvalue weighted by atomic mass is 32.1. The highest BCUT2D eigenvalue weighted by Gasteiger charge is 2.16. The molecule has 0 radical (unpaired) electrons. The van der Waals surface area contributed by atoms with E-state index in [1.165, 1.54) is 38.1 Å². The molecular weight excluding hydrogens is 273 g/mol. The van der Waals surface area contributed by atoms with Gasteiger partial charge in [0.25, 0.3) is 0 Å². The first-order valence-electron chi connectivity index (χ1n) is 7.08. The molecule has 110 valence electrons. The van der Waals surface area contributed by atoms with E-state index in [1.54, 1.807) is 6.07 Å². The average Bonchev–Trinajstić information content (AvgIpc) is 2.42. The van der Waals surface area contributed by atoms with Crippen molar-refractivity contribution in [3.8, 4) is 0 Å². The quantitative estimate of drug-likeness (QED) is 0.819. The number of halogens is 1. The van der Waals surface area contributed by atoms with Gasteiger partial charge < -0.3 is 16.0 Å². The molecule has 0 amide bonds. The minimum atomic E-state index is -0.311. The zero-order chi connectivity index (χ0) is 14.5. The van der Waals surface area contributed by atoms with Gasteiger partial charge in [0.2, 0.25) is 0 Å². The molecule has 0 aliphatic carbocycles. The van der Waals surface area contributed by atoms with E-state index < -0.39 is 0 Å². The standard InChI is InChI=1S/C15H22FN3S/c1-19-8-5-11(6-9-19)4-7-18-14-3-2-12(16)10-13(14)15(17)20/h2-3,10-11,18H,4-9H2,1H3,(H2,17,20). The molecule has 1 aromatic rings. The van der Waals surface area contributed by atoms with Crippen molar-refractivity contribution in [1.82, 2.24) is 4.90 Å². The number of anilines is 1. The minimum absolute atomic E-state index is 0.228. The maximum Gasteiger partial charge on any atom is 0.124 e. The van der Waals surface area contributed by atoms with Crippen molar-refractivity contribution >= 4 is 22.9 Å². The van der Waals surface area contributed by atoms with Gasteiger partial charge in [0.15, 0.2) is 0 Å². The molecule has 0 atom stereocenters. The summed E-state index contributed by atoms with van der Waals surface area (Å²) in [7, 11) is 2.17. The Bertz CT molecular complexity index is 470. The van der Waals surface area contributed by atoms with Crippen LogP contribution in [-0.2, 0) is 0 Å². The van der Waals surface area contributed by atoms with Gasteiger partial charge in [0.1, 0.15) is 10.8 Å². The summed E-state index contributed by atoms with van der Waals surface area (Å²) in [6, 6.07) is 4.53. The lowest BCUT2D eigenvalue weighted by molar-refractivity contribution is 0.215. The van der Waals surface area contributed by atoms with Gasteiger partial charge in [-0.2, -0.15) is 0 Å². The second-order valence-corrected chi connectivity index (χ2v) is 5.96. The normalized spacial score (nSPS) is 17.1. The summed E-state index contributed by atoms with van der Waals surface area (Å²) in [4.78, 5) is 2.60. The first kappa shape index (κ1) is 15.2. The predicted molar refractivity (Wildman–Crippen MR) is 85.6 cm³/mol. The first-order chi connectivity index (χ1) is 9.56. The molecular formula is C15H22FN3S. The molecule has 1 aromatic carbocycles. The van der Waals surface area contributed by atoms with Crippen LogP contribution in [0.15, 0.2) is 18.2 Å². The zero-order valence-corrected chi connectivity index (χ0v) is 12.7. The number of likely N-dealkylation sites (tertiary alicyclic amines) is 1. The predicted octanol–water partition coefficient (Wildman–Crippen LogP) is 2.60. The van der Waals surface area contributed by atoms with Crippen molar-refractivity contribution < 1.29 is 4.39 Å². The lowest BCUT2D eigenvalue weighted by atomic mass is 9.94. The van der Waals surface area contributed by atoms with Gasteiger partial charge in [-0.3, -0.25) is 0 Å². The number of nitrogens with zero attached hydrogens (tertiary/aromatic N) is 1. The van der Waals surface area contributed by atoms with Crippen molar-refractivity contribution in [2.75, 3.05) is 32.0 Å². The highest BCUT2D eigenvalue weighted by molar-refractivity contribution is 7.80. The van der Waals surface area contributed by atoms with Gasteiger partial charge in [0.05, 0.1) is 0 Å². The molecule has 0 spiro atoms. The van der Waals surface area contributed by atoms with Crippen molar-refractivity contribution in [2.24, 2.45) is 11.7 Å². The molecule has 3 N–H and O–H groups in total. The molecule has 0 bridgehead atoms. The van der Waals surface area contributed by atoms with E-state index in [0.29, 0.717) is 5.56 Å². The Balaban J connectivity index is 1.86. The topological polar surface area (TPSA) is 41.3 Å². The van der Waals surface area contributed by atoms with E-state index in [0.717, 1.165) is 24.6 Å². The van der Waals surface area contributed by atoms with Crippen LogP contribution in [0.4, 0.5) is 10.1 Å². The molecule has 1 aliphatic heterocycles.